The molecule has 0 saturated heterocycles. The second-order valence-corrected chi connectivity index (χ2v) is 10.2. The van der Waals surface area contributed by atoms with Gasteiger partial charge < -0.3 is 14.5 Å². The summed E-state index contributed by atoms with van der Waals surface area (Å²) in [5, 5.41) is 2.12. The van der Waals surface area contributed by atoms with Crippen LogP contribution < -0.4 is 0 Å². The van der Waals surface area contributed by atoms with E-state index in [1.807, 2.05) is 35.2 Å². The Labute approximate surface area is 205 Å². The third-order valence-corrected chi connectivity index (χ3v) is 7.63. The van der Waals surface area contributed by atoms with Crippen molar-refractivity contribution in [1.82, 2.24) is 9.80 Å². The zero-order valence-electron chi connectivity index (χ0n) is 19.5. The van der Waals surface area contributed by atoms with Crippen molar-refractivity contribution >= 4 is 23.2 Å². The molecule has 0 bridgehead atoms. The number of benzene rings is 2. The van der Waals surface area contributed by atoms with Crippen molar-refractivity contribution in [1.29, 1.82) is 0 Å². The zero-order chi connectivity index (χ0) is 23.5. The molecule has 1 aliphatic carbocycles. The Kier molecular flexibility index (Phi) is 6.79. The molecule has 1 saturated carbocycles. The molecule has 0 N–H and O–H groups in total. The average Bonchev–Trinajstić information content (AvgIpc) is 3.58. The summed E-state index contributed by atoms with van der Waals surface area (Å²) in [5.74, 6) is -0.0994. The van der Waals surface area contributed by atoms with Crippen molar-refractivity contribution < 1.29 is 14.3 Å². The maximum absolute atomic E-state index is 13.6. The van der Waals surface area contributed by atoms with E-state index >= 15 is 0 Å². The van der Waals surface area contributed by atoms with Crippen molar-refractivity contribution in [2.45, 2.75) is 44.9 Å². The SMILES string of the molecule is Cc1ccc(C2c3ccsc3CCN2C(=O)CN(C(=O)COCc2ccccc2)C2CC2)cc1. The van der Waals surface area contributed by atoms with Crippen molar-refractivity contribution in [3.05, 3.63) is 93.2 Å². The average molecular weight is 475 g/mol. The van der Waals surface area contributed by atoms with E-state index in [0.717, 1.165) is 30.4 Å². The van der Waals surface area contributed by atoms with Crippen LogP contribution in [0.2, 0.25) is 0 Å². The van der Waals surface area contributed by atoms with Gasteiger partial charge in [-0.05, 0) is 54.3 Å². The van der Waals surface area contributed by atoms with E-state index in [9.17, 15) is 9.59 Å². The summed E-state index contributed by atoms with van der Waals surface area (Å²) < 4.78 is 5.69. The summed E-state index contributed by atoms with van der Waals surface area (Å²) in [5.41, 5.74) is 4.56. The normalized spacial score (nSPS) is 17.3. The van der Waals surface area contributed by atoms with Gasteiger partial charge in [-0.2, -0.15) is 0 Å². The fourth-order valence-corrected chi connectivity index (χ4v) is 5.55. The monoisotopic (exact) mass is 474 g/mol. The summed E-state index contributed by atoms with van der Waals surface area (Å²) in [7, 11) is 0. The minimum absolute atomic E-state index is 0.00521. The van der Waals surface area contributed by atoms with Gasteiger partial charge in [0.1, 0.15) is 13.2 Å². The standard InChI is InChI=1S/C28H30N2O3S/c1-20-7-9-22(10-8-20)28-24-14-16-34-25(24)13-15-29(28)26(31)17-30(23-11-12-23)27(32)19-33-18-21-5-3-2-4-6-21/h2-10,14,16,23,28H,11-13,15,17-19H2,1H3. The number of carbonyl (C=O) groups excluding carboxylic acids is 2. The van der Waals surface area contributed by atoms with Gasteiger partial charge in [-0.15, -0.1) is 11.3 Å². The number of carbonyl (C=O) groups is 2. The van der Waals surface area contributed by atoms with Crippen LogP contribution in [0.4, 0.5) is 0 Å². The lowest BCUT2D eigenvalue weighted by molar-refractivity contribution is -0.145. The molecule has 1 aliphatic heterocycles. The van der Waals surface area contributed by atoms with Crippen LogP contribution in [-0.4, -0.2) is 47.4 Å². The van der Waals surface area contributed by atoms with Gasteiger partial charge in [-0.25, -0.2) is 0 Å². The van der Waals surface area contributed by atoms with Crippen LogP contribution in [0.15, 0.2) is 66.0 Å². The fraction of sp³-hybridized carbons (Fsp3) is 0.357. The van der Waals surface area contributed by atoms with Gasteiger partial charge in [-0.1, -0.05) is 60.2 Å². The third kappa shape index (κ3) is 5.08. The van der Waals surface area contributed by atoms with Gasteiger partial charge in [0.05, 0.1) is 12.6 Å². The predicted octanol–water partition coefficient (Wildman–Crippen LogP) is 4.74. The van der Waals surface area contributed by atoms with Crippen molar-refractivity contribution in [3.63, 3.8) is 0 Å². The van der Waals surface area contributed by atoms with Crippen molar-refractivity contribution in [2.24, 2.45) is 0 Å². The molecule has 34 heavy (non-hydrogen) atoms. The van der Waals surface area contributed by atoms with Crippen LogP contribution in [-0.2, 0) is 27.4 Å². The largest absolute Gasteiger partial charge is 0.367 e. The summed E-state index contributed by atoms with van der Waals surface area (Å²) >= 11 is 1.76. The summed E-state index contributed by atoms with van der Waals surface area (Å²) in [6, 6.07) is 20.5. The van der Waals surface area contributed by atoms with E-state index in [2.05, 4.69) is 42.6 Å². The first-order valence-corrected chi connectivity index (χ1v) is 12.8. The molecule has 6 heteroatoms. The topological polar surface area (TPSA) is 49.9 Å². The first-order chi connectivity index (χ1) is 16.6. The number of thiophene rings is 1. The number of ether oxygens (including phenoxy) is 1. The van der Waals surface area contributed by atoms with Crippen LogP contribution in [0.5, 0.6) is 0 Å². The minimum Gasteiger partial charge on any atom is -0.367 e. The molecule has 2 heterocycles. The van der Waals surface area contributed by atoms with Crippen LogP contribution in [0, 0.1) is 6.92 Å². The maximum Gasteiger partial charge on any atom is 0.249 e. The van der Waals surface area contributed by atoms with Gasteiger partial charge in [-0.3, -0.25) is 9.59 Å². The Balaban J connectivity index is 1.29. The molecular formula is C28H30N2O3S. The number of rotatable bonds is 8. The second kappa shape index (κ2) is 10.1. The molecule has 2 aliphatic rings. The fourth-order valence-electron chi connectivity index (χ4n) is 4.65. The Hall–Kier alpha value is -2.96. The third-order valence-electron chi connectivity index (χ3n) is 6.63. The first-order valence-electron chi connectivity index (χ1n) is 11.9. The van der Waals surface area contributed by atoms with E-state index in [0.29, 0.717) is 13.2 Å². The van der Waals surface area contributed by atoms with Gasteiger partial charge in [0.25, 0.3) is 0 Å². The molecule has 1 fully saturated rings. The summed E-state index contributed by atoms with van der Waals surface area (Å²) in [6.45, 7) is 3.24. The van der Waals surface area contributed by atoms with Crippen LogP contribution in [0.25, 0.3) is 0 Å². The Morgan fingerprint density at radius 3 is 2.56 bits per heavy atom. The van der Waals surface area contributed by atoms with Crippen LogP contribution in [0.3, 0.4) is 0 Å². The lowest BCUT2D eigenvalue weighted by Crippen LogP contribution is -2.48. The van der Waals surface area contributed by atoms with Crippen molar-refractivity contribution in [3.8, 4) is 0 Å². The summed E-state index contributed by atoms with van der Waals surface area (Å²) in [6.07, 6.45) is 2.76. The molecule has 1 unspecified atom stereocenters. The lowest BCUT2D eigenvalue weighted by Gasteiger charge is -2.37. The Bertz CT molecular complexity index is 1140. The highest BCUT2D eigenvalue weighted by Gasteiger charge is 2.38. The van der Waals surface area contributed by atoms with E-state index in [-0.39, 0.29) is 37.0 Å². The number of hydrogen-bond acceptors (Lipinski definition) is 4. The first kappa shape index (κ1) is 22.8. The predicted molar refractivity (Wildman–Crippen MR) is 134 cm³/mol. The Morgan fingerprint density at radius 2 is 1.82 bits per heavy atom. The Morgan fingerprint density at radius 1 is 1.06 bits per heavy atom. The highest BCUT2D eigenvalue weighted by molar-refractivity contribution is 7.10. The molecular weight excluding hydrogens is 444 g/mol. The molecule has 2 aromatic carbocycles. The molecule has 0 radical (unpaired) electrons. The van der Waals surface area contributed by atoms with E-state index in [4.69, 9.17) is 4.74 Å². The molecule has 176 valence electrons. The molecule has 1 atom stereocenters. The molecule has 0 spiro atoms. The zero-order valence-corrected chi connectivity index (χ0v) is 20.3. The highest BCUT2D eigenvalue weighted by atomic mass is 32.1. The summed E-state index contributed by atoms with van der Waals surface area (Å²) in [4.78, 5) is 31.7. The number of aryl methyl sites for hydroxylation is 1. The molecule has 2 amide bonds. The van der Waals surface area contributed by atoms with E-state index in [1.54, 1.807) is 16.2 Å². The molecule has 5 rings (SSSR count). The number of hydrogen-bond donors (Lipinski definition) is 0. The number of fused-ring (bicyclic) bond motifs is 1. The molecule has 3 aromatic rings. The highest BCUT2D eigenvalue weighted by Crippen LogP contribution is 2.38. The van der Waals surface area contributed by atoms with Crippen LogP contribution >= 0.6 is 11.3 Å². The van der Waals surface area contributed by atoms with Crippen LogP contribution in [0.1, 0.15) is 46.0 Å². The quantitative estimate of drug-likeness (QED) is 0.474. The van der Waals surface area contributed by atoms with Crippen molar-refractivity contribution in [2.75, 3.05) is 19.7 Å². The number of amides is 2. The maximum atomic E-state index is 13.6. The lowest BCUT2D eigenvalue weighted by atomic mass is 9.92. The van der Waals surface area contributed by atoms with E-state index < -0.39 is 0 Å². The van der Waals surface area contributed by atoms with Gasteiger partial charge in [0.15, 0.2) is 0 Å². The second-order valence-electron chi connectivity index (χ2n) is 9.18. The van der Waals surface area contributed by atoms with Gasteiger partial charge in [0.2, 0.25) is 11.8 Å². The molecule has 1 aromatic heterocycles. The van der Waals surface area contributed by atoms with Gasteiger partial charge in [0, 0.05) is 17.5 Å². The molecule has 5 nitrogen and oxygen atoms in total. The number of nitrogens with zero attached hydrogens (tertiary/aromatic N) is 2. The van der Waals surface area contributed by atoms with Gasteiger partial charge >= 0.3 is 0 Å². The van der Waals surface area contributed by atoms with E-state index in [1.165, 1.54) is 16.0 Å². The minimum atomic E-state index is -0.105. The smallest absolute Gasteiger partial charge is 0.249 e.